The third kappa shape index (κ3) is 7.71. The number of H-pyrrole nitrogens is 1. The zero-order chi connectivity index (χ0) is 29.1. The molecule has 0 spiro atoms. The van der Waals surface area contributed by atoms with Gasteiger partial charge in [-0.05, 0) is 42.7 Å². The van der Waals surface area contributed by atoms with Crippen LogP contribution in [0.4, 0.5) is 18.9 Å². The van der Waals surface area contributed by atoms with Gasteiger partial charge in [-0.3, -0.25) is 9.52 Å². The Bertz CT molecular complexity index is 1470. The normalized spacial score (nSPS) is 13.6. The van der Waals surface area contributed by atoms with E-state index in [1.54, 1.807) is 26.2 Å². The summed E-state index contributed by atoms with van der Waals surface area (Å²) < 4.78 is 67.5. The zero-order valence-corrected chi connectivity index (χ0v) is 22.4. The molecule has 4 N–H and O–H groups in total. The number of amides is 1. The quantitative estimate of drug-likeness (QED) is 0.217. The number of nitrogens with zero attached hydrogens (tertiary/aromatic N) is 1. The molecule has 14 heteroatoms. The first-order valence-electron chi connectivity index (χ1n) is 11.7. The maximum Gasteiger partial charge on any atom is 0.491 e. The number of alkyl halides is 3. The molecule has 0 fully saturated rings. The number of aromatic nitrogens is 1. The van der Waals surface area contributed by atoms with Crippen molar-refractivity contribution in [1.29, 1.82) is 0 Å². The standard InChI is InChI=1S/C25H29F3N4O6S/c1-14(10-16-12-30-22-17(16)6-5-7-18(22)23(34)32(2)3)29-13-20(33)15-8-9-21(38-24(35)25(26,27)28)19(11-15)31-39(4,36)37/h5-9,11-12,14,20,29-31,33H,10,13H2,1-4H3/t14-,20+/m1/s1. The molecule has 2 aromatic carbocycles. The Morgan fingerprint density at radius 3 is 2.49 bits per heavy atom. The second kappa shape index (κ2) is 11.6. The molecule has 10 nitrogen and oxygen atoms in total. The third-order valence-electron chi connectivity index (χ3n) is 5.74. The summed E-state index contributed by atoms with van der Waals surface area (Å²) in [4.78, 5) is 28.4. The largest absolute Gasteiger partial charge is 0.491 e. The van der Waals surface area contributed by atoms with Gasteiger partial charge in [-0.2, -0.15) is 13.2 Å². The van der Waals surface area contributed by atoms with Gasteiger partial charge >= 0.3 is 12.1 Å². The number of carbonyl (C=O) groups excluding carboxylic acids is 2. The summed E-state index contributed by atoms with van der Waals surface area (Å²) in [5, 5.41) is 14.7. The fourth-order valence-corrected chi connectivity index (χ4v) is 4.47. The predicted molar refractivity (Wildman–Crippen MR) is 139 cm³/mol. The summed E-state index contributed by atoms with van der Waals surface area (Å²) >= 11 is 0. The van der Waals surface area contributed by atoms with Crippen molar-refractivity contribution in [2.45, 2.75) is 31.7 Å². The Kier molecular flexibility index (Phi) is 8.93. The number of halogens is 3. The average molecular weight is 571 g/mol. The first-order valence-corrected chi connectivity index (χ1v) is 13.6. The molecule has 2 atom stereocenters. The van der Waals surface area contributed by atoms with Crippen molar-refractivity contribution in [3.63, 3.8) is 0 Å². The van der Waals surface area contributed by atoms with Crippen molar-refractivity contribution < 1.29 is 41.0 Å². The van der Waals surface area contributed by atoms with Gasteiger partial charge in [-0.1, -0.05) is 18.2 Å². The fourth-order valence-electron chi connectivity index (χ4n) is 3.91. The van der Waals surface area contributed by atoms with E-state index < -0.39 is 39.7 Å². The topological polar surface area (TPSA) is 141 Å². The summed E-state index contributed by atoms with van der Waals surface area (Å²) in [6.45, 7) is 1.91. The summed E-state index contributed by atoms with van der Waals surface area (Å²) in [7, 11) is -0.603. The molecule has 0 unspecified atom stereocenters. The number of hydrogen-bond acceptors (Lipinski definition) is 7. The van der Waals surface area contributed by atoms with Gasteiger partial charge in [0, 0.05) is 38.3 Å². The van der Waals surface area contributed by atoms with Gasteiger partial charge in [0.2, 0.25) is 10.0 Å². The molecule has 0 aliphatic rings. The molecule has 0 saturated carbocycles. The highest BCUT2D eigenvalue weighted by Crippen LogP contribution is 2.31. The smallest absolute Gasteiger partial charge is 0.418 e. The van der Waals surface area contributed by atoms with Crippen molar-refractivity contribution in [2.24, 2.45) is 0 Å². The summed E-state index contributed by atoms with van der Waals surface area (Å²) in [5.41, 5.74) is 1.95. The van der Waals surface area contributed by atoms with Crippen LogP contribution in [0.2, 0.25) is 0 Å². The Hall–Kier alpha value is -3.62. The summed E-state index contributed by atoms with van der Waals surface area (Å²) in [6, 6.07) is 8.59. The van der Waals surface area contributed by atoms with Crippen LogP contribution in [0.25, 0.3) is 10.9 Å². The van der Waals surface area contributed by atoms with Crippen LogP contribution in [0, 0.1) is 0 Å². The SMILES string of the molecule is C[C@H](Cc1c[nH]c2c(C(=O)N(C)C)cccc12)NC[C@H](O)c1ccc(OC(=O)C(F)(F)F)c(NS(C)(=O)=O)c1. The van der Waals surface area contributed by atoms with Crippen molar-refractivity contribution in [2.75, 3.05) is 31.6 Å². The van der Waals surface area contributed by atoms with E-state index in [1.165, 1.54) is 11.0 Å². The number of aliphatic hydroxyl groups is 1. The summed E-state index contributed by atoms with van der Waals surface area (Å²) in [5.74, 6) is -3.31. The number of aliphatic hydroxyl groups excluding tert-OH is 1. The molecule has 0 bridgehead atoms. The molecule has 1 aromatic heterocycles. The molecule has 3 rings (SSSR count). The van der Waals surface area contributed by atoms with Gasteiger partial charge in [0.15, 0.2) is 5.75 Å². The number of esters is 1. The van der Waals surface area contributed by atoms with Gasteiger partial charge in [-0.15, -0.1) is 0 Å². The van der Waals surface area contributed by atoms with Crippen LogP contribution in [0.15, 0.2) is 42.6 Å². The monoisotopic (exact) mass is 570 g/mol. The zero-order valence-electron chi connectivity index (χ0n) is 21.6. The van der Waals surface area contributed by atoms with Crippen molar-refractivity contribution in [1.82, 2.24) is 15.2 Å². The van der Waals surface area contributed by atoms with Gasteiger partial charge < -0.3 is 25.0 Å². The second-order valence-electron chi connectivity index (χ2n) is 9.29. The number of carbonyl (C=O) groups is 2. The lowest BCUT2D eigenvalue weighted by Gasteiger charge is -2.19. The summed E-state index contributed by atoms with van der Waals surface area (Å²) in [6.07, 6.45) is -3.32. The van der Waals surface area contributed by atoms with Crippen LogP contribution >= 0.6 is 0 Å². The number of benzene rings is 2. The molecule has 0 aliphatic heterocycles. The van der Waals surface area contributed by atoms with E-state index >= 15 is 0 Å². The molecule has 1 amide bonds. The second-order valence-corrected chi connectivity index (χ2v) is 11.0. The third-order valence-corrected chi connectivity index (χ3v) is 6.33. The lowest BCUT2D eigenvalue weighted by atomic mass is 10.0. The van der Waals surface area contributed by atoms with E-state index in [9.17, 15) is 36.3 Å². The van der Waals surface area contributed by atoms with Crippen LogP contribution in [0.3, 0.4) is 0 Å². The average Bonchev–Trinajstić information content (AvgIpc) is 3.24. The Morgan fingerprint density at radius 1 is 1.18 bits per heavy atom. The van der Waals surface area contributed by atoms with Crippen LogP contribution < -0.4 is 14.8 Å². The molecule has 39 heavy (non-hydrogen) atoms. The van der Waals surface area contributed by atoms with Crippen LogP contribution in [0.1, 0.15) is 34.5 Å². The fraction of sp³-hybridized carbons (Fsp3) is 0.360. The highest BCUT2D eigenvalue weighted by atomic mass is 32.2. The maximum atomic E-state index is 12.6. The van der Waals surface area contributed by atoms with Crippen LogP contribution in [0.5, 0.6) is 5.75 Å². The Labute approximate surface area is 223 Å². The van der Waals surface area contributed by atoms with Crippen LogP contribution in [-0.2, 0) is 21.2 Å². The van der Waals surface area contributed by atoms with Gasteiger partial charge in [-0.25, -0.2) is 13.2 Å². The first-order chi connectivity index (χ1) is 18.1. The van der Waals surface area contributed by atoms with Crippen molar-refractivity contribution in [3.8, 4) is 5.75 Å². The first kappa shape index (κ1) is 29.9. The molecule has 1 heterocycles. The van der Waals surface area contributed by atoms with E-state index in [2.05, 4.69) is 15.0 Å². The number of anilines is 1. The number of sulfonamides is 1. The van der Waals surface area contributed by atoms with E-state index in [0.29, 0.717) is 12.0 Å². The van der Waals surface area contributed by atoms with Gasteiger partial charge in [0.05, 0.1) is 29.1 Å². The number of ether oxygens (including phenoxy) is 1. The van der Waals surface area contributed by atoms with Crippen LogP contribution in [-0.4, -0.2) is 74.4 Å². The number of aromatic amines is 1. The predicted octanol–water partition coefficient (Wildman–Crippen LogP) is 2.96. The van der Waals surface area contributed by atoms with E-state index in [-0.39, 0.29) is 24.1 Å². The minimum Gasteiger partial charge on any atom is -0.418 e. The number of rotatable bonds is 10. The number of fused-ring (bicyclic) bond motifs is 1. The molecule has 0 radical (unpaired) electrons. The number of nitrogens with one attached hydrogen (secondary N) is 3. The van der Waals surface area contributed by atoms with Gasteiger partial charge in [0.1, 0.15) is 0 Å². The van der Waals surface area contributed by atoms with E-state index in [0.717, 1.165) is 34.9 Å². The highest BCUT2D eigenvalue weighted by molar-refractivity contribution is 7.92. The molecule has 3 aromatic rings. The lowest BCUT2D eigenvalue weighted by molar-refractivity contribution is -0.189. The van der Waals surface area contributed by atoms with Crippen molar-refractivity contribution >= 4 is 38.5 Å². The van der Waals surface area contributed by atoms with E-state index in [1.807, 2.05) is 23.9 Å². The minimum absolute atomic E-state index is 0.0217. The molecule has 212 valence electrons. The molecular weight excluding hydrogens is 541 g/mol. The number of para-hydroxylation sites is 1. The molecule has 0 saturated heterocycles. The van der Waals surface area contributed by atoms with Crippen molar-refractivity contribution in [3.05, 3.63) is 59.3 Å². The Morgan fingerprint density at radius 2 is 1.87 bits per heavy atom. The maximum absolute atomic E-state index is 12.6. The lowest BCUT2D eigenvalue weighted by Crippen LogP contribution is -2.32. The number of hydrogen-bond donors (Lipinski definition) is 4. The van der Waals surface area contributed by atoms with E-state index in [4.69, 9.17) is 0 Å². The minimum atomic E-state index is -5.28. The van der Waals surface area contributed by atoms with Gasteiger partial charge in [0.25, 0.3) is 5.91 Å². The molecule has 0 aliphatic carbocycles. The highest BCUT2D eigenvalue weighted by Gasteiger charge is 2.41. The Balaban J connectivity index is 1.72. The molecular formula is C25H29F3N4O6S.